The second-order valence-corrected chi connectivity index (χ2v) is 12.1. The van der Waals surface area contributed by atoms with Crippen molar-refractivity contribution in [1.29, 1.82) is 0 Å². The van der Waals surface area contributed by atoms with E-state index >= 15 is 0 Å². The number of nitrogens with two attached hydrogens (primary N) is 1. The van der Waals surface area contributed by atoms with E-state index in [2.05, 4.69) is 10.6 Å². The third kappa shape index (κ3) is 9.97. The minimum Gasteiger partial charge on any atom is -0.391 e. The fourth-order valence-electron chi connectivity index (χ4n) is 4.33. The molecule has 6 N–H and O–H groups in total. The van der Waals surface area contributed by atoms with Crippen LogP contribution in [0.1, 0.15) is 51.5 Å². The lowest BCUT2D eigenvalue weighted by Crippen LogP contribution is -2.55. The van der Waals surface area contributed by atoms with Gasteiger partial charge in [-0.25, -0.2) is 0 Å². The van der Waals surface area contributed by atoms with Crippen molar-refractivity contribution in [2.24, 2.45) is 17.6 Å². The van der Waals surface area contributed by atoms with Gasteiger partial charge in [0.2, 0.25) is 19.2 Å². The molecular formula is C24H40N3O5P. The molecule has 1 saturated carbocycles. The Hall–Kier alpha value is -1.73. The van der Waals surface area contributed by atoms with E-state index in [0.29, 0.717) is 6.42 Å². The van der Waals surface area contributed by atoms with Gasteiger partial charge in [-0.15, -0.1) is 0 Å². The molecule has 33 heavy (non-hydrogen) atoms. The third-order valence-electron chi connectivity index (χ3n) is 6.16. The summed E-state index contributed by atoms with van der Waals surface area (Å²) in [5, 5.41) is 15.6. The van der Waals surface area contributed by atoms with E-state index in [1.165, 1.54) is 6.42 Å². The molecule has 0 radical (unpaired) electrons. The molecule has 2 rings (SSSR count). The summed E-state index contributed by atoms with van der Waals surface area (Å²) >= 11 is 0. The zero-order valence-corrected chi connectivity index (χ0v) is 20.7. The van der Waals surface area contributed by atoms with Gasteiger partial charge in [0.25, 0.3) is 0 Å². The molecule has 0 aromatic heterocycles. The van der Waals surface area contributed by atoms with E-state index in [4.69, 9.17) is 5.73 Å². The first-order chi connectivity index (χ1) is 15.6. The fraction of sp³-hybridized carbons (Fsp3) is 0.667. The number of amides is 2. The number of aliphatic hydroxyl groups excluding tert-OH is 1. The molecule has 0 spiro atoms. The molecule has 0 saturated heterocycles. The quantitative estimate of drug-likeness (QED) is 0.289. The lowest BCUT2D eigenvalue weighted by atomic mass is 9.91. The van der Waals surface area contributed by atoms with Crippen LogP contribution in [0.5, 0.6) is 0 Å². The number of aliphatic hydroxyl groups is 1. The molecule has 1 aromatic carbocycles. The van der Waals surface area contributed by atoms with Crippen molar-refractivity contribution < 1.29 is 24.2 Å². The Morgan fingerprint density at radius 2 is 1.76 bits per heavy atom. The van der Waals surface area contributed by atoms with Crippen LogP contribution in [0.15, 0.2) is 30.3 Å². The summed E-state index contributed by atoms with van der Waals surface area (Å²) in [5.41, 5.74) is 6.95. The van der Waals surface area contributed by atoms with Crippen LogP contribution in [-0.4, -0.2) is 58.9 Å². The van der Waals surface area contributed by atoms with Gasteiger partial charge in [0, 0.05) is 12.7 Å². The van der Waals surface area contributed by atoms with Crippen LogP contribution < -0.4 is 16.4 Å². The molecule has 0 aliphatic heterocycles. The molecule has 1 fully saturated rings. The molecule has 4 unspecified atom stereocenters. The summed E-state index contributed by atoms with van der Waals surface area (Å²) in [5.74, 6) is -0.854. The van der Waals surface area contributed by atoms with E-state index in [0.717, 1.165) is 31.2 Å². The van der Waals surface area contributed by atoms with Gasteiger partial charge >= 0.3 is 0 Å². The number of nitrogens with one attached hydrogen (secondary N) is 2. The molecule has 1 aliphatic carbocycles. The predicted octanol–water partition coefficient (Wildman–Crippen LogP) is 2.02. The first kappa shape index (κ1) is 27.5. The molecular weight excluding hydrogens is 441 g/mol. The average molecular weight is 482 g/mol. The first-order valence-corrected chi connectivity index (χ1v) is 14.0. The summed E-state index contributed by atoms with van der Waals surface area (Å²) in [6, 6.07) is 7.77. The molecule has 9 heteroatoms. The molecule has 8 nitrogen and oxygen atoms in total. The largest absolute Gasteiger partial charge is 0.391 e. The summed E-state index contributed by atoms with van der Waals surface area (Å²) in [6.07, 6.45) is 4.46. The van der Waals surface area contributed by atoms with Gasteiger partial charge in [-0.05, 0) is 36.7 Å². The van der Waals surface area contributed by atoms with Crippen molar-refractivity contribution in [2.45, 2.75) is 70.6 Å². The number of carbonyl (C=O) groups is 2. The molecule has 4 atom stereocenters. The lowest BCUT2D eigenvalue weighted by molar-refractivity contribution is -0.130. The number of hydrogen-bond donors (Lipinski definition) is 5. The summed E-state index contributed by atoms with van der Waals surface area (Å²) in [7, 11) is -3.48. The van der Waals surface area contributed by atoms with Crippen LogP contribution in [0.2, 0.25) is 0 Å². The van der Waals surface area contributed by atoms with E-state index in [-0.39, 0.29) is 30.7 Å². The van der Waals surface area contributed by atoms with Gasteiger partial charge in [-0.2, -0.15) is 0 Å². The molecule has 2 amide bonds. The highest BCUT2D eigenvalue weighted by molar-refractivity contribution is 7.58. The molecule has 1 aliphatic rings. The Labute approximate surface area is 197 Å². The van der Waals surface area contributed by atoms with Crippen LogP contribution in [0.3, 0.4) is 0 Å². The first-order valence-electron chi connectivity index (χ1n) is 11.9. The molecule has 186 valence electrons. The van der Waals surface area contributed by atoms with Crippen LogP contribution in [-0.2, 0) is 20.6 Å². The molecule has 1 aromatic rings. The van der Waals surface area contributed by atoms with Gasteiger partial charge in [-0.3, -0.25) is 14.2 Å². The smallest absolute Gasteiger partial charge is 0.242 e. The van der Waals surface area contributed by atoms with Gasteiger partial charge in [0.1, 0.15) is 6.04 Å². The highest BCUT2D eigenvalue weighted by atomic mass is 31.2. The SMILES string of the molecule is CC(C)C(NC(=O)C(N)Cc1ccccc1)C(=O)NCC(O)CP(=O)(O)CC1CCCCC1. The zero-order valence-electron chi connectivity index (χ0n) is 19.8. The number of hydrogen-bond acceptors (Lipinski definition) is 5. The van der Waals surface area contributed by atoms with Crippen LogP contribution in [0, 0.1) is 11.8 Å². The maximum absolute atomic E-state index is 12.7. The van der Waals surface area contributed by atoms with E-state index < -0.39 is 37.4 Å². The third-order valence-corrected chi connectivity index (χ3v) is 8.24. The van der Waals surface area contributed by atoms with Crippen molar-refractivity contribution in [3.8, 4) is 0 Å². The Kier molecular flexibility index (Phi) is 11.0. The summed E-state index contributed by atoms with van der Waals surface area (Å²) in [4.78, 5) is 35.5. The van der Waals surface area contributed by atoms with E-state index in [1.807, 2.05) is 30.3 Å². The van der Waals surface area contributed by atoms with Gasteiger partial charge in [-0.1, -0.05) is 63.4 Å². The van der Waals surface area contributed by atoms with Gasteiger partial charge < -0.3 is 26.4 Å². The van der Waals surface area contributed by atoms with Crippen LogP contribution in [0.4, 0.5) is 0 Å². The number of benzene rings is 1. The average Bonchev–Trinajstić information content (AvgIpc) is 2.76. The van der Waals surface area contributed by atoms with E-state index in [1.54, 1.807) is 13.8 Å². The molecule has 0 bridgehead atoms. The lowest BCUT2D eigenvalue weighted by Gasteiger charge is -2.26. The second kappa shape index (κ2) is 13.2. The van der Waals surface area contributed by atoms with Gasteiger partial charge in [0.05, 0.1) is 18.3 Å². The topological polar surface area (TPSA) is 142 Å². The molecule has 0 heterocycles. The van der Waals surface area contributed by atoms with Crippen LogP contribution >= 0.6 is 7.37 Å². The standard InChI is InChI=1S/C24H40N3O5P/c1-17(2)22(27-23(29)21(25)13-18-9-5-3-6-10-18)24(30)26-14-20(28)16-33(31,32)15-19-11-7-4-8-12-19/h3,5-6,9-10,17,19-22,28H,4,7-8,11-16,25H2,1-2H3,(H,26,30)(H,27,29)(H,31,32). The highest BCUT2D eigenvalue weighted by Gasteiger charge is 2.30. The zero-order chi connectivity index (χ0) is 24.4. The number of rotatable bonds is 12. The van der Waals surface area contributed by atoms with Crippen molar-refractivity contribution >= 4 is 19.2 Å². The maximum atomic E-state index is 12.7. The highest BCUT2D eigenvalue weighted by Crippen LogP contribution is 2.45. The second-order valence-electron chi connectivity index (χ2n) is 9.64. The fourth-order valence-corrected chi connectivity index (χ4v) is 6.43. The monoisotopic (exact) mass is 481 g/mol. The Morgan fingerprint density at radius 3 is 2.36 bits per heavy atom. The predicted molar refractivity (Wildman–Crippen MR) is 130 cm³/mol. The minimum atomic E-state index is -3.48. The maximum Gasteiger partial charge on any atom is 0.242 e. The minimum absolute atomic E-state index is 0.150. The van der Waals surface area contributed by atoms with Crippen molar-refractivity contribution in [3.05, 3.63) is 35.9 Å². The Morgan fingerprint density at radius 1 is 1.12 bits per heavy atom. The van der Waals surface area contributed by atoms with Crippen LogP contribution in [0.25, 0.3) is 0 Å². The van der Waals surface area contributed by atoms with Gasteiger partial charge in [0.15, 0.2) is 0 Å². The Balaban J connectivity index is 1.82. The van der Waals surface area contributed by atoms with E-state index in [9.17, 15) is 24.2 Å². The number of carbonyl (C=O) groups excluding carboxylic acids is 2. The van der Waals surface area contributed by atoms with Crippen molar-refractivity contribution in [2.75, 3.05) is 18.9 Å². The van der Waals surface area contributed by atoms with Crippen molar-refractivity contribution in [1.82, 2.24) is 10.6 Å². The van der Waals surface area contributed by atoms with Crippen molar-refractivity contribution in [3.63, 3.8) is 0 Å². The summed E-state index contributed by atoms with van der Waals surface area (Å²) < 4.78 is 12.6. The normalized spacial score (nSPS) is 19.3. The summed E-state index contributed by atoms with van der Waals surface area (Å²) in [6.45, 7) is 3.45. The Bertz CT molecular complexity index is 799.